The number of likely N-dealkylation sites (N-methyl/N-ethyl adjacent to an activating group) is 1. The van der Waals surface area contributed by atoms with E-state index in [4.69, 9.17) is 0 Å². The Labute approximate surface area is 81.2 Å². The summed E-state index contributed by atoms with van der Waals surface area (Å²) >= 11 is 0. The third-order valence-electron chi connectivity index (χ3n) is 2.75. The van der Waals surface area contributed by atoms with Gasteiger partial charge in [0.1, 0.15) is 0 Å². The number of nitrogens with zero attached hydrogens (tertiary/aromatic N) is 1. The third kappa shape index (κ3) is 3.49. The van der Waals surface area contributed by atoms with Crippen molar-refractivity contribution in [1.29, 1.82) is 0 Å². The van der Waals surface area contributed by atoms with Crippen LogP contribution in [0.2, 0.25) is 0 Å². The molecule has 1 saturated carbocycles. The lowest BCUT2D eigenvalue weighted by Crippen LogP contribution is -2.39. The fourth-order valence-corrected chi connectivity index (χ4v) is 2.04. The average molecular weight is 183 g/mol. The minimum Gasteiger partial charge on any atom is -0.389 e. The number of aliphatic hydroxyl groups is 1. The van der Waals surface area contributed by atoms with Crippen LogP contribution >= 0.6 is 0 Å². The highest BCUT2D eigenvalue weighted by Gasteiger charge is 2.31. The van der Waals surface area contributed by atoms with E-state index >= 15 is 0 Å². The zero-order chi connectivity index (χ0) is 9.73. The number of hydrogen-bond donors (Lipinski definition) is 1. The van der Waals surface area contributed by atoms with Gasteiger partial charge >= 0.3 is 0 Å². The fraction of sp³-hybridized carbons (Fsp3) is 0.818. The Balaban J connectivity index is 2.29. The van der Waals surface area contributed by atoms with E-state index in [1.54, 1.807) is 0 Å². The monoisotopic (exact) mass is 183 g/mol. The van der Waals surface area contributed by atoms with Crippen molar-refractivity contribution < 1.29 is 5.11 Å². The molecule has 2 nitrogen and oxygen atoms in total. The van der Waals surface area contributed by atoms with E-state index in [1.165, 1.54) is 12.8 Å². The zero-order valence-electron chi connectivity index (χ0n) is 8.79. The van der Waals surface area contributed by atoms with Gasteiger partial charge in [0.25, 0.3) is 0 Å². The Morgan fingerprint density at radius 3 is 2.54 bits per heavy atom. The smallest absolute Gasteiger partial charge is 0.0774 e. The normalized spacial score (nSPS) is 21.8. The molecule has 0 aromatic carbocycles. The first-order valence-corrected chi connectivity index (χ1v) is 5.18. The SMILES string of the molecule is C/C=C/CN(C)CC1(O)CCCC1. The van der Waals surface area contributed by atoms with Crippen molar-refractivity contribution in [3.05, 3.63) is 12.2 Å². The van der Waals surface area contributed by atoms with E-state index in [1.807, 2.05) is 6.92 Å². The quantitative estimate of drug-likeness (QED) is 0.672. The highest BCUT2D eigenvalue weighted by atomic mass is 16.3. The molecule has 0 atom stereocenters. The molecule has 1 aliphatic carbocycles. The van der Waals surface area contributed by atoms with Crippen molar-refractivity contribution >= 4 is 0 Å². The summed E-state index contributed by atoms with van der Waals surface area (Å²) in [6, 6.07) is 0. The first kappa shape index (κ1) is 10.7. The second-order valence-corrected chi connectivity index (χ2v) is 4.20. The van der Waals surface area contributed by atoms with Crippen LogP contribution in [0.5, 0.6) is 0 Å². The van der Waals surface area contributed by atoms with Crippen molar-refractivity contribution in [3.8, 4) is 0 Å². The summed E-state index contributed by atoms with van der Waals surface area (Å²) in [6.45, 7) is 3.79. The van der Waals surface area contributed by atoms with E-state index in [-0.39, 0.29) is 0 Å². The molecule has 1 fully saturated rings. The van der Waals surface area contributed by atoms with Crippen LogP contribution < -0.4 is 0 Å². The van der Waals surface area contributed by atoms with Crippen LogP contribution in [0.25, 0.3) is 0 Å². The van der Waals surface area contributed by atoms with Crippen LogP contribution in [0.3, 0.4) is 0 Å². The molecule has 0 aromatic heterocycles. The maximum atomic E-state index is 10.1. The summed E-state index contributed by atoms with van der Waals surface area (Å²) in [5.74, 6) is 0. The van der Waals surface area contributed by atoms with E-state index in [2.05, 4.69) is 24.1 Å². The first-order valence-electron chi connectivity index (χ1n) is 5.18. The van der Waals surface area contributed by atoms with Gasteiger partial charge in [0.2, 0.25) is 0 Å². The zero-order valence-corrected chi connectivity index (χ0v) is 8.79. The molecule has 1 aliphatic rings. The standard InChI is InChI=1S/C11H21NO/c1-3-4-9-12(2)10-11(13)7-5-6-8-11/h3-4,13H,5-10H2,1-2H3/b4-3+. The lowest BCUT2D eigenvalue weighted by Gasteiger charge is -2.27. The highest BCUT2D eigenvalue weighted by molar-refractivity contribution is 4.89. The van der Waals surface area contributed by atoms with Crippen molar-refractivity contribution in [1.82, 2.24) is 4.90 Å². The molecule has 0 saturated heterocycles. The Morgan fingerprint density at radius 1 is 1.38 bits per heavy atom. The summed E-state index contributed by atoms with van der Waals surface area (Å²) in [4.78, 5) is 2.19. The summed E-state index contributed by atoms with van der Waals surface area (Å²) in [5.41, 5.74) is -0.393. The van der Waals surface area contributed by atoms with Crippen LogP contribution in [-0.2, 0) is 0 Å². The van der Waals surface area contributed by atoms with Crippen LogP contribution in [0, 0.1) is 0 Å². The predicted octanol–water partition coefficient (Wildman–Crippen LogP) is 1.80. The third-order valence-corrected chi connectivity index (χ3v) is 2.75. The number of hydrogen-bond acceptors (Lipinski definition) is 2. The molecule has 0 amide bonds. The minimum absolute atomic E-state index is 0.393. The van der Waals surface area contributed by atoms with Crippen molar-refractivity contribution in [2.24, 2.45) is 0 Å². The van der Waals surface area contributed by atoms with Crippen LogP contribution in [0.15, 0.2) is 12.2 Å². The molecular weight excluding hydrogens is 162 g/mol. The predicted molar refractivity (Wildman–Crippen MR) is 55.7 cm³/mol. The van der Waals surface area contributed by atoms with Crippen LogP contribution in [0.4, 0.5) is 0 Å². The van der Waals surface area contributed by atoms with E-state index in [0.29, 0.717) is 0 Å². The second kappa shape index (κ2) is 4.77. The van der Waals surface area contributed by atoms with Gasteiger partial charge in [-0.15, -0.1) is 0 Å². The second-order valence-electron chi connectivity index (χ2n) is 4.20. The molecule has 1 rings (SSSR count). The van der Waals surface area contributed by atoms with Crippen molar-refractivity contribution in [3.63, 3.8) is 0 Å². The van der Waals surface area contributed by atoms with Gasteiger partial charge in [-0.1, -0.05) is 25.0 Å². The van der Waals surface area contributed by atoms with E-state index in [9.17, 15) is 5.11 Å². The topological polar surface area (TPSA) is 23.5 Å². The average Bonchev–Trinajstić information content (AvgIpc) is 2.48. The van der Waals surface area contributed by atoms with Gasteiger partial charge < -0.3 is 5.11 Å². The fourth-order valence-electron chi connectivity index (χ4n) is 2.04. The Bertz CT molecular complexity index is 171. The molecule has 0 aromatic rings. The van der Waals surface area contributed by atoms with E-state index < -0.39 is 5.60 Å². The molecule has 0 bridgehead atoms. The lowest BCUT2D eigenvalue weighted by molar-refractivity contribution is 0.0192. The molecule has 0 heterocycles. The Hall–Kier alpha value is -0.340. The van der Waals surface area contributed by atoms with Crippen LogP contribution in [0.1, 0.15) is 32.6 Å². The molecule has 0 spiro atoms. The maximum Gasteiger partial charge on any atom is 0.0774 e. The van der Waals surface area contributed by atoms with Gasteiger partial charge in [0.05, 0.1) is 5.60 Å². The van der Waals surface area contributed by atoms with Crippen LogP contribution in [-0.4, -0.2) is 35.7 Å². The minimum atomic E-state index is -0.393. The Morgan fingerprint density at radius 2 is 2.00 bits per heavy atom. The van der Waals surface area contributed by atoms with Gasteiger partial charge in [-0.25, -0.2) is 0 Å². The van der Waals surface area contributed by atoms with Crippen molar-refractivity contribution in [2.45, 2.75) is 38.2 Å². The van der Waals surface area contributed by atoms with Gasteiger partial charge in [0, 0.05) is 13.1 Å². The largest absolute Gasteiger partial charge is 0.389 e. The lowest BCUT2D eigenvalue weighted by atomic mass is 10.0. The summed E-state index contributed by atoms with van der Waals surface area (Å²) in [5, 5.41) is 10.1. The molecule has 13 heavy (non-hydrogen) atoms. The highest BCUT2D eigenvalue weighted by Crippen LogP contribution is 2.29. The van der Waals surface area contributed by atoms with Crippen molar-refractivity contribution in [2.75, 3.05) is 20.1 Å². The summed E-state index contributed by atoms with van der Waals surface area (Å²) in [7, 11) is 2.07. The first-order chi connectivity index (χ1) is 6.16. The van der Waals surface area contributed by atoms with E-state index in [0.717, 1.165) is 25.9 Å². The number of rotatable bonds is 4. The summed E-state index contributed by atoms with van der Waals surface area (Å²) < 4.78 is 0. The van der Waals surface area contributed by atoms with Gasteiger partial charge in [-0.3, -0.25) is 4.90 Å². The molecule has 1 N–H and O–H groups in total. The maximum absolute atomic E-state index is 10.1. The number of allylic oxidation sites excluding steroid dienone is 1. The molecule has 0 unspecified atom stereocenters. The van der Waals surface area contributed by atoms with Gasteiger partial charge in [-0.05, 0) is 26.8 Å². The Kier molecular flexibility index (Phi) is 3.94. The molecule has 76 valence electrons. The molecule has 0 aliphatic heterocycles. The molecule has 2 heteroatoms. The van der Waals surface area contributed by atoms with Gasteiger partial charge in [0.15, 0.2) is 0 Å². The summed E-state index contributed by atoms with van der Waals surface area (Å²) in [6.07, 6.45) is 8.51. The van der Waals surface area contributed by atoms with Gasteiger partial charge in [-0.2, -0.15) is 0 Å². The molecule has 0 radical (unpaired) electrons. The molecular formula is C11H21NO.